The molecule has 0 saturated carbocycles. The molecule has 2 aliphatic rings. The number of hydrogen-bond acceptors (Lipinski definition) is 11. The van der Waals surface area contributed by atoms with E-state index < -0.39 is 120 Å². The molecule has 2 aliphatic heterocycles. The second-order valence-electron chi connectivity index (χ2n) is 22.2. The van der Waals surface area contributed by atoms with Crippen LogP contribution in [0.15, 0.2) is 66.3 Å². The molecule has 0 aromatic heterocycles. The number of carbonyl (C=O) groups excluding carboxylic acids is 9. The minimum atomic E-state index is -1.42. The van der Waals surface area contributed by atoms with Gasteiger partial charge in [-0.15, -0.1) is 0 Å². The third-order valence-corrected chi connectivity index (χ3v) is 15.2. The molecular weight excluding hydrogens is 997 g/mol. The Morgan fingerprint density at radius 1 is 0.679 bits per heavy atom. The Labute approximate surface area is 464 Å². The zero-order chi connectivity index (χ0) is 58.7. The Morgan fingerprint density at radius 2 is 1.26 bits per heavy atom. The Balaban J connectivity index is 2.11. The van der Waals surface area contributed by atoms with E-state index in [0.29, 0.717) is 24.8 Å². The minimum absolute atomic E-state index is 0.0779. The monoisotopic (exact) mass is 1090 g/mol. The van der Waals surface area contributed by atoms with Crippen molar-refractivity contribution in [1.29, 1.82) is 0 Å². The maximum absolute atomic E-state index is 15.1. The van der Waals surface area contributed by atoms with Gasteiger partial charge in [-0.1, -0.05) is 102 Å². The van der Waals surface area contributed by atoms with Crippen molar-refractivity contribution in [2.45, 2.75) is 181 Å². The van der Waals surface area contributed by atoms with E-state index in [1.807, 2.05) is 50.3 Å². The van der Waals surface area contributed by atoms with E-state index in [0.717, 1.165) is 41.0 Å². The zero-order valence-corrected chi connectivity index (χ0v) is 49.2. The molecule has 0 aliphatic carbocycles. The fourth-order valence-corrected chi connectivity index (χ4v) is 10.1. The number of amides is 8. The van der Waals surface area contributed by atoms with Gasteiger partial charge in [0.25, 0.3) is 0 Å². The summed E-state index contributed by atoms with van der Waals surface area (Å²) in [7, 11) is 8.92. The highest BCUT2D eigenvalue weighted by Crippen LogP contribution is 2.27. The van der Waals surface area contributed by atoms with Gasteiger partial charge in [0.05, 0.1) is 18.6 Å². The SMILES string of the molecule is CO[C@@H]1CC=CC=C(C)C(=O)N[C@H](C(C)C)C(=O)N(C)[C@@H](Cc2ccccc2)C(=O)N(C)C(C(C)C)C(=O)N(C)[C@H](C(C)C)C(=O)N2CCC[C@H]2C(=O)N(C)[C@H](CC(N)=O)C(=O)N(C)[C@H](C)C(=O)O[C@@H](C)CCCC=CCC1. The lowest BCUT2D eigenvalue weighted by atomic mass is 9.95. The molecule has 9 atom stereocenters. The van der Waals surface area contributed by atoms with E-state index in [2.05, 4.69) is 17.5 Å². The Kier molecular flexibility index (Phi) is 26.4. The van der Waals surface area contributed by atoms with Gasteiger partial charge in [-0.2, -0.15) is 0 Å². The van der Waals surface area contributed by atoms with Crippen LogP contribution in [0.1, 0.15) is 126 Å². The Morgan fingerprint density at radius 3 is 1.85 bits per heavy atom. The number of primary amides is 1. The van der Waals surface area contributed by atoms with Gasteiger partial charge in [0.2, 0.25) is 47.3 Å². The lowest BCUT2D eigenvalue weighted by molar-refractivity contribution is -0.160. The quantitative estimate of drug-likeness (QED) is 0.258. The third kappa shape index (κ3) is 18.1. The van der Waals surface area contributed by atoms with Crippen molar-refractivity contribution in [3.05, 3.63) is 71.8 Å². The van der Waals surface area contributed by atoms with Crippen LogP contribution in [0.4, 0.5) is 0 Å². The van der Waals surface area contributed by atoms with Crippen LogP contribution in [-0.4, -0.2) is 186 Å². The number of nitrogens with zero attached hydrogens (tertiary/aromatic N) is 6. The number of esters is 1. The largest absolute Gasteiger partial charge is 0.461 e. The van der Waals surface area contributed by atoms with E-state index in [4.69, 9.17) is 15.2 Å². The number of carbonyl (C=O) groups is 9. The summed E-state index contributed by atoms with van der Waals surface area (Å²) in [5, 5.41) is 2.91. The van der Waals surface area contributed by atoms with E-state index in [1.54, 1.807) is 60.8 Å². The predicted molar refractivity (Wildman–Crippen MR) is 300 cm³/mol. The van der Waals surface area contributed by atoms with E-state index in [1.165, 1.54) is 61.8 Å². The average molecular weight is 1090 g/mol. The van der Waals surface area contributed by atoms with Crippen molar-refractivity contribution < 1.29 is 52.6 Å². The number of nitrogens with two attached hydrogens (primary N) is 1. The summed E-state index contributed by atoms with van der Waals surface area (Å²) in [6.45, 7) is 15.8. The molecule has 2 heterocycles. The molecule has 1 saturated heterocycles. The molecule has 0 bridgehead atoms. The highest BCUT2D eigenvalue weighted by atomic mass is 16.5. The number of rotatable bonds is 8. The van der Waals surface area contributed by atoms with Crippen LogP contribution in [0, 0.1) is 17.8 Å². The van der Waals surface area contributed by atoms with Gasteiger partial charge < -0.3 is 49.9 Å². The first-order valence-electron chi connectivity index (χ1n) is 27.7. The summed E-state index contributed by atoms with van der Waals surface area (Å²) < 4.78 is 11.4. The van der Waals surface area contributed by atoms with Gasteiger partial charge in [-0.3, -0.25) is 38.4 Å². The van der Waals surface area contributed by atoms with Gasteiger partial charge >= 0.3 is 5.97 Å². The van der Waals surface area contributed by atoms with Gasteiger partial charge in [-0.25, -0.2) is 4.79 Å². The molecule has 434 valence electrons. The lowest BCUT2D eigenvalue weighted by Gasteiger charge is -2.41. The average Bonchev–Trinajstić information content (AvgIpc) is 3.89. The molecule has 1 fully saturated rings. The molecule has 8 amide bonds. The van der Waals surface area contributed by atoms with Gasteiger partial charge in [-0.05, 0) is 95.5 Å². The summed E-state index contributed by atoms with van der Waals surface area (Å²) >= 11 is 0. The van der Waals surface area contributed by atoms with Crippen molar-refractivity contribution in [3.8, 4) is 0 Å². The van der Waals surface area contributed by atoms with Crippen molar-refractivity contribution in [2.24, 2.45) is 23.5 Å². The zero-order valence-electron chi connectivity index (χ0n) is 49.2. The molecule has 78 heavy (non-hydrogen) atoms. The summed E-state index contributed by atoms with van der Waals surface area (Å²) in [6.07, 6.45) is 13.3. The van der Waals surface area contributed by atoms with Crippen LogP contribution in [0.3, 0.4) is 0 Å². The molecule has 19 nitrogen and oxygen atoms in total. The van der Waals surface area contributed by atoms with Crippen LogP contribution in [0.5, 0.6) is 0 Å². The number of ether oxygens (including phenoxy) is 2. The number of allylic oxidation sites excluding steroid dienone is 4. The topological polar surface area (TPSA) is 230 Å². The predicted octanol–water partition coefficient (Wildman–Crippen LogP) is 5.06. The number of hydrogen-bond donors (Lipinski definition) is 2. The molecule has 1 unspecified atom stereocenters. The molecule has 0 radical (unpaired) electrons. The number of likely N-dealkylation sites (N-methyl/N-ethyl adjacent to an activating group) is 5. The molecule has 0 spiro atoms. The molecular formula is C59H92N8O11. The Bertz CT molecular complexity index is 2320. The van der Waals surface area contributed by atoms with Crippen molar-refractivity contribution in [2.75, 3.05) is 48.9 Å². The second-order valence-corrected chi connectivity index (χ2v) is 22.2. The van der Waals surface area contributed by atoms with E-state index in [9.17, 15) is 33.6 Å². The second kappa shape index (κ2) is 31.3. The van der Waals surface area contributed by atoms with Gasteiger partial charge in [0.15, 0.2) is 0 Å². The van der Waals surface area contributed by atoms with Gasteiger partial charge in [0, 0.05) is 60.9 Å². The summed E-state index contributed by atoms with van der Waals surface area (Å²) in [5.41, 5.74) is 6.78. The number of cyclic esters (lactones) is 1. The van der Waals surface area contributed by atoms with Crippen molar-refractivity contribution >= 4 is 53.2 Å². The van der Waals surface area contributed by atoms with Crippen molar-refractivity contribution in [1.82, 2.24) is 34.7 Å². The van der Waals surface area contributed by atoms with Crippen molar-refractivity contribution in [3.63, 3.8) is 0 Å². The maximum atomic E-state index is 15.1. The number of methoxy groups -OCH3 is 1. The van der Waals surface area contributed by atoms with Crippen LogP contribution >= 0.6 is 0 Å². The number of nitrogens with one attached hydrogen (secondary N) is 1. The molecule has 1 aromatic carbocycles. The Hall–Kier alpha value is -6.37. The van der Waals surface area contributed by atoms with Crippen LogP contribution in [0.2, 0.25) is 0 Å². The first-order chi connectivity index (χ1) is 36.7. The first-order valence-corrected chi connectivity index (χ1v) is 27.7. The smallest absolute Gasteiger partial charge is 0.328 e. The summed E-state index contributed by atoms with van der Waals surface area (Å²) in [5.74, 6) is -6.80. The highest BCUT2D eigenvalue weighted by Gasteiger charge is 2.46. The van der Waals surface area contributed by atoms with E-state index in [-0.39, 0.29) is 31.4 Å². The third-order valence-electron chi connectivity index (χ3n) is 15.2. The standard InChI is InChI=1S/C59H92N8O11/c1-37(2)49-56(73)64(12)46(35-43-29-21-19-22-30-43)55(72)65(13)50(38(3)4)57(74)66(14)51(39(5)6)58(75)67-34-26-33-45(67)53(70)63(11)47(36-48(60)68)54(71)62(10)42(9)59(76)78-41(8)28-20-17-16-18-23-31-44(77-15)32-25-24-27-40(7)52(69)61-49/h16,18-19,21-22,24-25,27,29-30,37-39,41-42,44-47,49-51H,17,20,23,26,28,31-36H2,1-15H3,(H2,60,68)(H,61,69)/t41-,42+,44-,45-,46-,47+,49+,50?,51+/m0/s1. The molecule has 1 aromatic rings. The molecule has 3 rings (SSSR count). The van der Waals surface area contributed by atoms with Crippen LogP contribution < -0.4 is 11.1 Å². The number of fused-ring (bicyclic) bond motifs is 1. The van der Waals surface area contributed by atoms with Gasteiger partial charge in [0.1, 0.15) is 42.3 Å². The molecule has 19 heteroatoms. The fourth-order valence-electron chi connectivity index (χ4n) is 10.1. The fraction of sp³-hybridized carbons (Fsp3) is 0.644. The normalized spacial score (nSPS) is 26.9. The van der Waals surface area contributed by atoms with Crippen LogP contribution in [-0.2, 0) is 59.0 Å². The number of benzene rings is 1. The summed E-state index contributed by atoms with van der Waals surface area (Å²) in [6, 6.07) is 1.20. The highest BCUT2D eigenvalue weighted by molar-refractivity contribution is 6.00. The minimum Gasteiger partial charge on any atom is -0.461 e. The first kappa shape index (κ1) is 65.9. The maximum Gasteiger partial charge on any atom is 0.328 e. The summed E-state index contributed by atoms with van der Waals surface area (Å²) in [4.78, 5) is 136. The lowest BCUT2D eigenvalue weighted by Crippen LogP contribution is -2.62. The molecule has 3 N–H and O–H groups in total. The van der Waals surface area contributed by atoms with E-state index >= 15 is 9.59 Å². The van der Waals surface area contributed by atoms with Crippen LogP contribution in [0.25, 0.3) is 0 Å².